The molecule has 0 amide bonds. The van der Waals surface area contributed by atoms with Gasteiger partial charge in [0.15, 0.2) is 11.5 Å². The molecule has 84 valence electrons. The summed E-state index contributed by atoms with van der Waals surface area (Å²) in [5.41, 5.74) is 0.546. The summed E-state index contributed by atoms with van der Waals surface area (Å²) >= 11 is 0. The van der Waals surface area contributed by atoms with Crippen LogP contribution in [0.2, 0.25) is 0 Å². The number of nitrogens with two attached hydrogens (primary N) is 1. The molecule has 1 aromatic carbocycles. The fourth-order valence-corrected chi connectivity index (χ4v) is 1.18. The number of ketones is 1. The fourth-order valence-electron chi connectivity index (χ4n) is 1.18. The molecule has 16 heavy (non-hydrogen) atoms. The first-order chi connectivity index (χ1) is 7.47. The zero-order chi connectivity index (χ0) is 12.3. The van der Waals surface area contributed by atoms with Crippen LogP contribution in [-0.4, -0.2) is 16.9 Å². The van der Waals surface area contributed by atoms with Crippen molar-refractivity contribution in [3.05, 3.63) is 41.5 Å². The average Bonchev–Trinajstić information content (AvgIpc) is 2.26. The van der Waals surface area contributed by atoms with E-state index in [-0.39, 0.29) is 22.7 Å². The first-order valence-electron chi connectivity index (χ1n) is 4.41. The lowest BCUT2D eigenvalue weighted by Crippen LogP contribution is -2.10. The van der Waals surface area contributed by atoms with Crippen molar-refractivity contribution in [1.29, 1.82) is 0 Å². The van der Waals surface area contributed by atoms with Gasteiger partial charge in [-0.15, -0.1) is 0 Å². The molecule has 0 aliphatic heterocycles. The monoisotopic (exact) mass is 221 g/mol. The van der Waals surface area contributed by atoms with E-state index in [9.17, 15) is 9.59 Å². The molecule has 0 heterocycles. The number of carboxylic acids is 1. The molecule has 0 aliphatic carbocycles. The summed E-state index contributed by atoms with van der Waals surface area (Å²) in [4.78, 5) is 26.7. The molecule has 0 fully saturated rings. The molecule has 0 saturated carbocycles. The Morgan fingerprint density at radius 1 is 1.44 bits per heavy atom. The number of hydrogen-bond acceptors (Lipinski definition) is 4. The van der Waals surface area contributed by atoms with Crippen molar-refractivity contribution in [3.63, 3.8) is 0 Å². The summed E-state index contributed by atoms with van der Waals surface area (Å²) in [6.07, 6.45) is 0. The first-order valence-corrected chi connectivity index (χ1v) is 4.41. The molecule has 0 spiro atoms. The molecule has 0 unspecified atom stereocenters. The Morgan fingerprint density at radius 2 is 2.06 bits per heavy atom. The summed E-state index contributed by atoms with van der Waals surface area (Å²) in [6, 6.07) is 3.93. The van der Waals surface area contributed by atoms with Gasteiger partial charge in [0, 0.05) is 5.56 Å². The summed E-state index contributed by atoms with van der Waals surface area (Å²) in [5.74, 6) is 3.43. The topological polar surface area (TPSA) is 89.6 Å². The van der Waals surface area contributed by atoms with Gasteiger partial charge in [0.05, 0.1) is 0 Å². The fraction of sp³-hybridized carbons (Fsp3) is 0.0909. The highest BCUT2D eigenvalue weighted by Gasteiger charge is 2.15. The van der Waals surface area contributed by atoms with Gasteiger partial charge in [-0.1, -0.05) is 6.58 Å². The zero-order valence-corrected chi connectivity index (χ0v) is 8.69. The van der Waals surface area contributed by atoms with Gasteiger partial charge in [-0.25, -0.2) is 4.79 Å². The Kier molecular flexibility index (Phi) is 3.42. The molecule has 3 N–H and O–H groups in total. The Labute approximate surface area is 92.1 Å². The third kappa shape index (κ3) is 2.26. The van der Waals surface area contributed by atoms with Crippen LogP contribution in [0.25, 0.3) is 0 Å². The van der Waals surface area contributed by atoms with E-state index in [0.29, 0.717) is 5.57 Å². The lowest BCUT2D eigenvalue weighted by Gasteiger charge is -2.06. The van der Waals surface area contributed by atoms with Crippen molar-refractivity contribution in [2.45, 2.75) is 6.92 Å². The first kappa shape index (κ1) is 11.9. The Balaban J connectivity index is 3.24. The molecule has 0 radical (unpaired) electrons. The molecule has 5 nitrogen and oxygen atoms in total. The maximum absolute atomic E-state index is 11.6. The van der Waals surface area contributed by atoms with Crippen LogP contribution in [0.1, 0.15) is 27.6 Å². The minimum absolute atomic E-state index is 0.0559. The van der Waals surface area contributed by atoms with E-state index in [4.69, 9.17) is 11.0 Å². The van der Waals surface area contributed by atoms with E-state index in [1.807, 2.05) is 0 Å². The van der Waals surface area contributed by atoms with Crippen LogP contribution in [0.4, 0.5) is 0 Å². The van der Waals surface area contributed by atoms with Crippen LogP contribution >= 0.6 is 0 Å². The minimum atomic E-state index is -1.17. The predicted octanol–water partition coefficient (Wildman–Crippen LogP) is 1.40. The van der Waals surface area contributed by atoms with Gasteiger partial charge in [0.1, 0.15) is 5.56 Å². The lowest BCUT2D eigenvalue weighted by atomic mass is 10.0. The van der Waals surface area contributed by atoms with Gasteiger partial charge >= 0.3 is 5.97 Å². The quantitative estimate of drug-likeness (QED) is 0.455. The van der Waals surface area contributed by atoms with Gasteiger partial charge in [-0.05, 0) is 30.7 Å². The number of carbonyl (C=O) groups excluding carboxylic acids is 1. The maximum Gasteiger partial charge on any atom is 0.339 e. The van der Waals surface area contributed by atoms with Gasteiger partial charge < -0.3 is 9.94 Å². The highest BCUT2D eigenvalue weighted by Crippen LogP contribution is 2.21. The molecule has 0 atom stereocenters. The van der Waals surface area contributed by atoms with Gasteiger partial charge in [-0.3, -0.25) is 4.79 Å². The van der Waals surface area contributed by atoms with Crippen molar-refractivity contribution < 1.29 is 19.5 Å². The second-order valence-electron chi connectivity index (χ2n) is 3.24. The smallest absolute Gasteiger partial charge is 0.339 e. The zero-order valence-electron chi connectivity index (χ0n) is 8.69. The van der Waals surface area contributed by atoms with Crippen molar-refractivity contribution in [2.24, 2.45) is 5.90 Å². The van der Waals surface area contributed by atoms with Gasteiger partial charge in [-0.2, -0.15) is 5.90 Å². The maximum atomic E-state index is 11.6. The van der Waals surface area contributed by atoms with Crippen LogP contribution in [-0.2, 0) is 0 Å². The summed E-state index contributed by atoms with van der Waals surface area (Å²) < 4.78 is 0. The van der Waals surface area contributed by atoms with E-state index in [0.717, 1.165) is 0 Å². The number of rotatable bonds is 4. The van der Waals surface area contributed by atoms with Crippen molar-refractivity contribution in [1.82, 2.24) is 0 Å². The molecular weight excluding hydrogens is 210 g/mol. The third-order valence-electron chi connectivity index (χ3n) is 1.99. The van der Waals surface area contributed by atoms with Gasteiger partial charge in [0.2, 0.25) is 0 Å². The number of aromatic carboxylic acids is 1. The van der Waals surface area contributed by atoms with Crippen LogP contribution in [0, 0.1) is 0 Å². The number of carboxylic acid groups (broad SMARTS) is 1. The van der Waals surface area contributed by atoms with Crippen molar-refractivity contribution >= 4 is 11.8 Å². The van der Waals surface area contributed by atoms with E-state index >= 15 is 0 Å². The van der Waals surface area contributed by atoms with Crippen molar-refractivity contribution in [3.8, 4) is 5.75 Å². The molecule has 1 aromatic rings. The molecule has 1 rings (SSSR count). The van der Waals surface area contributed by atoms with Crippen molar-refractivity contribution in [2.75, 3.05) is 0 Å². The van der Waals surface area contributed by atoms with Crippen LogP contribution in [0.5, 0.6) is 5.75 Å². The van der Waals surface area contributed by atoms with Crippen LogP contribution in [0.15, 0.2) is 30.4 Å². The second-order valence-corrected chi connectivity index (χ2v) is 3.24. The summed E-state index contributed by atoms with van der Waals surface area (Å²) in [5, 5.41) is 8.80. The summed E-state index contributed by atoms with van der Waals surface area (Å²) in [7, 11) is 0. The molecule has 5 heteroatoms. The molecule has 0 saturated heterocycles. The standard InChI is InChI=1S/C11H11NO4/c1-6(2)10(13)7-3-4-8(11(14)15)9(5-7)16-12/h3-5H,1,12H2,2H3,(H,14,15). The molecule has 0 aliphatic rings. The number of Topliss-reactive ketones (excluding diaryl/α,β-unsaturated/α-hetero) is 1. The highest BCUT2D eigenvalue weighted by molar-refractivity contribution is 6.08. The number of benzene rings is 1. The minimum Gasteiger partial charge on any atom is -0.478 e. The summed E-state index contributed by atoms with van der Waals surface area (Å²) in [6.45, 7) is 5.07. The number of allylic oxidation sites excluding steroid dienone is 1. The van der Waals surface area contributed by atoms with E-state index in [1.165, 1.54) is 18.2 Å². The molecule has 0 aromatic heterocycles. The number of hydrogen-bond donors (Lipinski definition) is 2. The van der Waals surface area contributed by atoms with Gasteiger partial charge in [0.25, 0.3) is 0 Å². The average molecular weight is 221 g/mol. The Morgan fingerprint density at radius 3 is 2.50 bits per heavy atom. The highest BCUT2D eigenvalue weighted by atomic mass is 16.6. The predicted molar refractivity (Wildman–Crippen MR) is 57.4 cm³/mol. The molecular formula is C11H11NO4. The van der Waals surface area contributed by atoms with E-state index in [2.05, 4.69) is 11.4 Å². The molecule has 0 bridgehead atoms. The van der Waals surface area contributed by atoms with E-state index in [1.54, 1.807) is 6.92 Å². The largest absolute Gasteiger partial charge is 0.478 e. The van der Waals surface area contributed by atoms with E-state index < -0.39 is 5.97 Å². The third-order valence-corrected chi connectivity index (χ3v) is 1.99. The Hall–Kier alpha value is -2.14. The van der Waals surface area contributed by atoms with Crippen LogP contribution in [0.3, 0.4) is 0 Å². The Bertz CT molecular complexity index is 465. The normalized spacial score (nSPS) is 9.62. The number of carbonyl (C=O) groups is 2. The van der Waals surface area contributed by atoms with Crippen LogP contribution < -0.4 is 10.7 Å². The lowest BCUT2D eigenvalue weighted by molar-refractivity contribution is 0.0691. The second kappa shape index (κ2) is 4.59. The SMILES string of the molecule is C=C(C)C(=O)c1ccc(C(=O)O)c(ON)c1.